The molecular formula is C25H25ClN4O2S2. The zero-order valence-electron chi connectivity index (χ0n) is 18.7. The molecule has 0 fully saturated rings. The SMILES string of the molecule is CCCCN(c1nc(-c2cccs2)nc(Cl)c1-c1ccc(CN)cc1)S(=O)(=O)c1ccccc1. The van der Waals surface area contributed by atoms with E-state index in [9.17, 15) is 8.42 Å². The summed E-state index contributed by atoms with van der Waals surface area (Å²) in [6.07, 6.45) is 1.48. The Labute approximate surface area is 209 Å². The van der Waals surface area contributed by atoms with E-state index in [0.29, 0.717) is 24.4 Å². The number of anilines is 1. The van der Waals surface area contributed by atoms with Gasteiger partial charge in [0, 0.05) is 13.1 Å². The summed E-state index contributed by atoms with van der Waals surface area (Å²) in [5.41, 5.74) is 7.91. The van der Waals surface area contributed by atoms with Gasteiger partial charge in [-0.15, -0.1) is 11.3 Å². The van der Waals surface area contributed by atoms with Gasteiger partial charge in [0.2, 0.25) is 0 Å². The van der Waals surface area contributed by atoms with Crippen molar-refractivity contribution in [2.75, 3.05) is 10.8 Å². The molecule has 4 rings (SSSR count). The van der Waals surface area contributed by atoms with E-state index in [0.717, 1.165) is 22.4 Å². The number of rotatable bonds is 9. The molecule has 6 nitrogen and oxygen atoms in total. The number of thiophene rings is 1. The number of aromatic nitrogens is 2. The van der Waals surface area contributed by atoms with Gasteiger partial charge in [0.1, 0.15) is 5.15 Å². The minimum atomic E-state index is -3.90. The molecule has 0 atom stereocenters. The molecule has 0 saturated heterocycles. The number of nitrogens with two attached hydrogens (primary N) is 1. The van der Waals surface area contributed by atoms with Gasteiger partial charge in [-0.3, -0.25) is 0 Å². The second-order valence-electron chi connectivity index (χ2n) is 7.66. The molecular weight excluding hydrogens is 488 g/mol. The third kappa shape index (κ3) is 5.00. The molecule has 4 aromatic rings. The molecule has 2 aromatic heterocycles. The Balaban J connectivity index is 1.97. The van der Waals surface area contributed by atoms with Gasteiger partial charge in [-0.2, -0.15) is 0 Å². The Morgan fingerprint density at radius 1 is 1.00 bits per heavy atom. The normalized spacial score (nSPS) is 11.5. The first-order chi connectivity index (χ1) is 16.5. The Hall–Kier alpha value is -2.78. The second-order valence-corrected chi connectivity index (χ2v) is 10.8. The van der Waals surface area contributed by atoms with Crippen LogP contribution in [0.5, 0.6) is 0 Å². The molecule has 0 aliphatic heterocycles. The van der Waals surface area contributed by atoms with Gasteiger partial charge in [0.15, 0.2) is 11.6 Å². The maximum atomic E-state index is 13.8. The van der Waals surface area contributed by atoms with Crippen LogP contribution in [0.3, 0.4) is 0 Å². The molecule has 0 spiro atoms. The third-order valence-electron chi connectivity index (χ3n) is 5.35. The molecule has 2 N–H and O–H groups in total. The van der Waals surface area contributed by atoms with Crippen LogP contribution in [0.4, 0.5) is 5.82 Å². The Morgan fingerprint density at radius 3 is 2.35 bits per heavy atom. The first-order valence-corrected chi connectivity index (χ1v) is 13.6. The predicted octanol–water partition coefficient (Wildman–Crippen LogP) is 5.98. The van der Waals surface area contributed by atoms with E-state index in [2.05, 4.69) is 4.98 Å². The summed E-state index contributed by atoms with van der Waals surface area (Å²) < 4.78 is 29.0. The maximum Gasteiger partial charge on any atom is 0.265 e. The van der Waals surface area contributed by atoms with E-state index < -0.39 is 10.0 Å². The highest BCUT2D eigenvalue weighted by atomic mass is 35.5. The van der Waals surface area contributed by atoms with Crippen LogP contribution < -0.4 is 10.0 Å². The van der Waals surface area contributed by atoms with Crippen molar-refractivity contribution >= 4 is 38.8 Å². The average Bonchev–Trinajstić information content (AvgIpc) is 3.40. The molecule has 0 unspecified atom stereocenters. The number of sulfonamides is 1. The lowest BCUT2D eigenvalue weighted by molar-refractivity contribution is 0.588. The highest BCUT2D eigenvalue weighted by Crippen LogP contribution is 2.39. The molecule has 9 heteroatoms. The summed E-state index contributed by atoms with van der Waals surface area (Å²) in [7, 11) is -3.90. The number of unbranched alkanes of at least 4 members (excludes halogenated alkanes) is 1. The predicted molar refractivity (Wildman–Crippen MR) is 140 cm³/mol. The molecule has 0 saturated carbocycles. The number of hydrogen-bond acceptors (Lipinski definition) is 6. The van der Waals surface area contributed by atoms with Crippen molar-refractivity contribution < 1.29 is 8.42 Å². The molecule has 0 amide bonds. The quantitative estimate of drug-likeness (QED) is 0.279. The lowest BCUT2D eigenvalue weighted by atomic mass is 10.1. The zero-order valence-corrected chi connectivity index (χ0v) is 21.1. The highest BCUT2D eigenvalue weighted by Gasteiger charge is 2.30. The average molecular weight is 513 g/mol. The summed E-state index contributed by atoms with van der Waals surface area (Å²) in [5.74, 6) is 0.656. The van der Waals surface area contributed by atoms with Gasteiger partial charge < -0.3 is 5.73 Å². The fraction of sp³-hybridized carbons (Fsp3) is 0.200. The number of nitrogens with zero attached hydrogens (tertiary/aromatic N) is 3. The van der Waals surface area contributed by atoms with Gasteiger partial charge in [-0.1, -0.05) is 73.5 Å². The van der Waals surface area contributed by atoms with Gasteiger partial charge >= 0.3 is 0 Å². The van der Waals surface area contributed by atoms with Crippen LogP contribution in [-0.2, 0) is 16.6 Å². The molecule has 2 heterocycles. The topological polar surface area (TPSA) is 89.2 Å². The molecule has 2 aromatic carbocycles. The second kappa shape index (κ2) is 10.7. The van der Waals surface area contributed by atoms with Crippen molar-refractivity contribution in [1.29, 1.82) is 0 Å². The summed E-state index contributed by atoms with van der Waals surface area (Å²) >= 11 is 8.21. The minimum Gasteiger partial charge on any atom is -0.326 e. The molecule has 176 valence electrons. The summed E-state index contributed by atoms with van der Waals surface area (Å²) in [6, 6.07) is 19.7. The van der Waals surface area contributed by atoms with Crippen molar-refractivity contribution in [3.8, 4) is 21.8 Å². The van der Waals surface area contributed by atoms with Crippen LogP contribution in [0.25, 0.3) is 21.8 Å². The van der Waals surface area contributed by atoms with Crippen LogP contribution in [0.2, 0.25) is 5.15 Å². The lowest BCUT2D eigenvalue weighted by Crippen LogP contribution is -2.33. The largest absolute Gasteiger partial charge is 0.326 e. The lowest BCUT2D eigenvalue weighted by Gasteiger charge is -2.26. The molecule has 0 aliphatic rings. The third-order valence-corrected chi connectivity index (χ3v) is 8.29. The van der Waals surface area contributed by atoms with Crippen molar-refractivity contribution in [3.05, 3.63) is 82.8 Å². The van der Waals surface area contributed by atoms with Gasteiger partial charge in [-0.05, 0) is 41.1 Å². The molecule has 0 radical (unpaired) electrons. The molecule has 0 aliphatic carbocycles. The van der Waals surface area contributed by atoms with Crippen LogP contribution >= 0.6 is 22.9 Å². The van der Waals surface area contributed by atoms with Crippen molar-refractivity contribution in [2.45, 2.75) is 31.2 Å². The summed E-state index contributed by atoms with van der Waals surface area (Å²) in [5, 5.41) is 2.11. The van der Waals surface area contributed by atoms with Crippen LogP contribution in [-0.4, -0.2) is 24.9 Å². The van der Waals surface area contributed by atoms with E-state index in [4.69, 9.17) is 22.3 Å². The first-order valence-electron chi connectivity index (χ1n) is 10.9. The van der Waals surface area contributed by atoms with E-state index in [1.54, 1.807) is 30.3 Å². The van der Waals surface area contributed by atoms with Crippen LogP contribution in [0.1, 0.15) is 25.3 Å². The van der Waals surface area contributed by atoms with Crippen LogP contribution in [0.15, 0.2) is 77.0 Å². The zero-order chi connectivity index (χ0) is 24.1. The van der Waals surface area contributed by atoms with E-state index in [1.807, 2.05) is 48.7 Å². The smallest absolute Gasteiger partial charge is 0.265 e. The van der Waals surface area contributed by atoms with Crippen molar-refractivity contribution in [2.24, 2.45) is 5.73 Å². The Bertz CT molecular complexity index is 1340. The van der Waals surface area contributed by atoms with E-state index in [1.165, 1.54) is 15.6 Å². The number of benzene rings is 2. The summed E-state index contributed by atoms with van der Waals surface area (Å²) in [6.45, 7) is 2.68. The highest BCUT2D eigenvalue weighted by molar-refractivity contribution is 7.92. The van der Waals surface area contributed by atoms with Crippen LogP contribution in [0, 0.1) is 0 Å². The molecule has 34 heavy (non-hydrogen) atoms. The van der Waals surface area contributed by atoms with Crippen molar-refractivity contribution in [1.82, 2.24) is 9.97 Å². The van der Waals surface area contributed by atoms with E-state index in [-0.39, 0.29) is 22.4 Å². The Kier molecular flexibility index (Phi) is 7.63. The standard InChI is InChI=1S/C25H25ClN4O2S2/c1-2-3-15-30(34(31,32)20-8-5-4-6-9-20)25-22(19-13-11-18(17-27)12-14-19)23(26)28-24(29-25)21-10-7-16-33-21/h4-14,16H,2-3,15,17,27H2,1H3. The fourth-order valence-electron chi connectivity index (χ4n) is 3.54. The fourth-order valence-corrected chi connectivity index (χ4v) is 5.95. The monoisotopic (exact) mass is 512 g/mol. The van der Waals surface area contributed by atoms with Gasteiger partial charge in [0.25, 0.3) is 10.0 Å². The van der Waals surface area contributed by atoms with Gasteiger partial charge in [0.05, 0.1) is 15.3 Å². The maximum absolute atomic E-state index is 13.8. The first kappa shape index (κ1) is 24.3. The summed E-state index contributed by atoms with van der Waals surface area (Å²) in [4.78, 5) is 10.3. The number of halogens is 1. The molecule has 0 bridgehead atoms. The van der Waals surface area contributed by atoms with Gasteiger partial charge in [-0.25, -0.2) is 22.7 Å². The Morgan fingerprint density at radius 2 is 1.74 bits per heavy atom. The van der Waals surface area contributed by atoms with E-state index >= 15 is 0 Å². The minimum absolute atomic E-state index is 0.193. The van der Waals surface area contributed by atoms with Crippen molar-refractivity contribution in [3.63, 3.8) is 0 Å². The number of hydrogen-bond donors (Lipinski definition) is 1.